The number of hydrogen-bond acceptors (Lipinski definition) is 5. The van der Waals surface area contributed by atoms with Crippen LogP contribution in [0.25, 0.3) is 16.5 Å². The van der Waals surface area contributed by atoms with Gasteiger partial charge in [-0.25, -0.2) is 4.79 Å². The molecule has 4 rings (SSSR count). The first-order chi connectivity index (χ1) is 18.8. The molecule has 9 heteroatoms. The first-order valence-corrected chi connectivity index (χ1v) is 15.2. The zero-order valence-corrected chi connectivity index (χ0v) is 26.6. The van der Waals surface area contributed by atoms with E-state index in [9.17, 15) is 14.4 Å². The van der Waals surface area contributed by atoms with E-state index in [0.29, 0.717) is 30.7 Å². The summed E-state index contributed by atoms with van der Waals surface area (Å²) in [7, 11) is 2.07. The van der Waals surface area contributed by atoms with Crippen LogP contribution in [-0.4, -0.2) is 76.6 Å². The lowest BCUT2D eigenvalue weighted by Crippen LogP contribution is -2.48. The minimum Gasteiger partial charge on any atom is -0.444 e. The van der Waals surface area contributed by atoms with Gasteiger partial charge in [-0.2, -0.15) is 0 Å². The maximum absolute atomic E-state index is 14.2. The molecule has 0 spiro atoms. The van der Waals surface area contributed by atoms with E-state index in [-0.39, 0.29) is 29.7 Å². The summed E-state index contributed by atoms with van der Waals surface area (Å²) in [6.45, 7) is 15.4. The predicted octanol–water partition coefficient (Wildman–Crippen LogP) is 5.72. The van der Waals surface area contributed by atoms with Crippen LogP contribution in [0, 0.1) is 11.8 Å². The third-order valence-electron chi connectivity index (χ3n) is 8.26. The number of carbonyl (C=O) groups is 3. The van der Waals surface area contributed by atoms with Crippen LogP contribution in [0.4, 0.5) is 4.79 Å². The summed E-state index contributed by atoms with van der Waals surface area (Å²) in [6, 6.07) is 5.36. The molecule has 1 aromatic heterocycles. The van der Waals surface area contributed by atoms with Crippen LogP contribution in [0.1, 0.15) is 70.8 Å². The summed E-state index contributed by atoms with van der Waals surface area (Å²) in [4.78, 5) is 44.4. The van der Waals surface area contributed by atoms with Gasteiger partial charge >= 0.3 is 6.09 Å². The van der Waals surface area contributed by atoms with Crippen molar-refractivity contribution < 1.29 is 19.1 Å². The van der Waals surface area contributed by atoms with E-state index in [2.05, 4.69) is 45.3 Å². The van der Waals surface area contributed by atoms with Crippen molar-refractivity contribution in [1.82, 2.24) is 19.7 Å². The van der Waals surface area contributed by atoms with Crippen molar-refractivity contribution in [2.75, 3.05) is 26.7 Å². The monoisotopic (exact) mass is 614 g/mol. The topological polar surface area (TPSA) is 83.9 Å². The Balaban J connectivity index is 1.79. The predicted molar refractivity (Wildman–Crippen MR) is 162 cm³/mol. The molecule has 40 heavy (non-hydrogen) atoms. The van der Waals surface area contributed by atoms with Crippen LogP contribution in [0.15, 0.2) is 28.9 Å². The Morgan fingerprint density at radius 3 is 2.45 bits per heavy atom. The fraction of sp³-hybridized carbons (Fsp3) is 0.581. The fourth-order valence-electron chi connectivity index (χ4n) is 5.99. The Morgan fingerprint density at radius 1 is 1.18 bits per heavy atom. The summed E-state index contributed by atoms with van der Waals surface area (Å²) in [6.07, 6.45) is 2.98. The van der Waals surface area contributed by atoms with Crippen molar-refractivity contribution in [2.45, 2.75) is 79.0 Å². The van der Waals surface area contributed by atoms with Crippen molar-refractivity contribution in [3.63, 3.8) is 0 Å². The van der Waals surface area contributed by atoms with Gasteiger partial charge in [0.25, 0.3) is 5.91 Å². The number of nitrogens with zero attached hydrogens (tertiary/aromatic N) is 3. The molecule has 8 nitrogen and oxygen atoms in total. The molecule has 4 atom stereocenters. The van der Waals surface area contributed by atoms with Crippen LogP contribution in [0.3, 0.4) is 0 Å². The first-order valence-electron chi connectivity index (χ1n) is 14.4. The standard InChI is InChI=1S/C31H43BrN4O4/c1-9-18(4)26(33-30(39)40-31(5,6)7)29(38)36-23-14-12-13-20-21-15-19(28(37)35(10-2)11-3)17-34(8)24(21)16-22(25(20)23)27(36)32/h12-15,18-19,24,26H,9-11,16-17H2,1-8H3,(H,33,39)/t18?,19-,24-,26+/m1/s1. The molecular weight excluding hydrogens is 572 g/mol. The number of rotatable bonds is 7. The highest BCUT2D eigenvalue weighted by Gasteiger charge is 2.39. The second-order valence-corrected chi connectivity index (χ2v) is 12.8. The molecular formula is C31H43BrN4O4. The van der Waals surface area contributed by atoms with E-state index in [0.717, 1.165) is 34.0 Å². The number of alkyl carbamates (subject to hydrolysis) is 1. The van der Waals surface area contributed by atoms with Gasteiger partial charge in [-0.05, 0) is 92.7 Å². The van der Waals surface area contributed by atoms with Gasteiger partial charge in [-0.1, -0.05) is 38.5 Å². The molecule has 2 aromatic rings. The summed E-state index contributed by atoms with van der Waals surface area (Å²) < 4.78 is 7.92. The lowest BCUT2D eigenvalue weighted by Gasteiger charge is -2.40. The molecule has 0 fully saturated rings. The molecule has 0 bridgehead atoms. The summed E-state index contributed by atoms with van der Waals surface area (Å²) in [5.41, 5.74) is 3.39. The Hall–Kier alpha value is -2.65. The SMILES string of the molecule is CCC(C)[C@H](NC(=O)OC(C)(C)C)C(=O)n1c(Br)c2c3c(cccc31)C1=C[C@@H](C(=O)N(CC)CC)CN(C)[C@@H]1C2. The molecule has 0 radical (unpaired) electrons. The number of benzene rings is 1. The molecule has 218 valence electrons. The molecule has 1 aliphatic heterocycles. The van der Waals surface area contributed by atoms with Crippen molar-refractivity contribution >= 4 is 50.3 Å². The van der Waals surface area contributed by atoms with Gasteiger partial charge < -0.3 is 15.0 Å². The minimum absolute atomic E-state index is 0.103. The number of ether oxygens (including phenoxy) is 1. The Labute approximate surface area is 246 Å². The van der Waals surface area contributed by atoms with Gasteiger partial charge in [0, 0.05) is 31.1 Å². The second kappa shape index (κ2) is 11.7. The maximum Gasteiger partial charge on any atom is 0.408 e. The van der Waals surface area contributed by atoms with Gasteiger partial charge in [-0.3, -0.25) is 19.1 Å². The summed E-state index contributed by atoms with van der Waals surface area (Å²) >= 11 is 3.79. The Kier molecular flexibility index (Phi) is 8.85. The van der Waals surface area contributed by atoms with Crippen molar-refractivity contribution in [3.8, 4) is 0 Å². The zero-order chi connectivity index (χ0) is 29.5. The van der Waals surface area contributed by atoms with Gasteiger partial charge in [-0.15, -0.1) is 0 Å². The molecule has 0 saturated carbocycles. The van der Waals surface area contributed by atoms with E-state index in [1.807, 2.05) is 44.7 Å². The number of likely N-dealkylation sites (N-methyl/N-ethyl adjacent to an activating group) is 1. The first kappa shape index (κ1) is 30.3. The second-order valence-electron chi connectivity index (χ2n) is 12.1. The number of halogens is 1. The molecule has 1 N–H and O–H groups in total. The van der Waals surface area contributed by atoms with Crippen molar-refractivity contribution in [1.29, 1.82) is 0 Å². The molecule has 0 saturated heterocycles. The van der Waals surface area contributed by atoms with Gasteiger partial charge in [0.15, 0.2) is 0 Å². The van der Waals surface area contributed by atoms with E-state index < -0.39 is 17.7 Å². The highest BCUT2D eigenvalue weighted by atomic mass is 79.9. The van der Waals surface area contributed by atoms with E-state index in [1.165, 1.54) is 0 Å². The van der Waals surface area contributed by atoms with E-state index >= 15 is 0 Å². The summed E-state index contributed by atoms with van der Waals surface area (Å²) in [5, 5.41) is 3.88. The molecule has 2 amide bonds. The smallest absolute Gasteiger partial charge is 0.408 e. The quantitative estimate of drug-likeness (QED) is 0.431. The number of fused-ring (bicyclic) bond motifs is 2. The van der Waals surface area contributed by atoms with Gasteiger partial charge in [0.1, 0.15) is 11.6 Å². The third-order valence-corrected chi connectivity index (χ3v) is 9.09. The van der Waals surface area contributed by atoms with E-state index in [1.54, 1.807) is 25.3 Å². The average molecular weight is 616 g/mol. The van der Waals surface area contributed by atoms with Gasteiger partial charge in [0.2, 0.25) is 5.91 Å². The number of hydrogen-bond donors (Lipinski definition) is 1. The van der Waals surface area contributed by atoms with Crippen LogP contribution < -0.4 is 5.32 Å². The Morgan fingerprint density at radius 2 is 1.85 bits per heavy atom. The van der Waals surface area contributed by atoms with Crippen molar-refractivity contribution in [2.24, 2.45) is 11.8 Å². The minimum atomic E-state index is -0.760. The number of carbonyl (C=O) groups excluding carboxylic acids is 3. The fourth-order valence-corrected chi connectivity index (χ4v) is 6.72. The van der Waals surface area contributed by atoms with Gasteiger partial charge in [0.05, 0.1) is 16.0 Å². The lowest BCUT2D eigenvalue weighted by atomic mass is 9.79. The van der Waals surface area contributed by atoms with Crippen LogP contribution in [-0.2, 0) is 16.0 Å². The maximum atomic E-state index is 14.2. The Bertz CT molecular complexity index is 1340. The molecule has 1 aromatic carbocycles. The number of aromatic nitrogens is 1. The molecule has 1 aliphatic carbocycles. The van der Waals surface area contributed by atoms with E-state index in [4.69, 9.17) is 4.74 Å². The summed E-state index contributed by atoms with van der Waals surface area (Å²) in [5.74, 6) is -0.376. The third kappa shape index (κ3) is 5.59. The van der Waals surface area contributed by atoms with Crippen LogP contribution in [0.5, 0.6) is 0 Å². The van der Waals surface area contributed by atoms with Crippen LogP contribution in [0.2, 0.25) is 0 Å². The van der Waals surface area contributed by atoms with Crippen molar-refractivity contribution in [3.05, 3.63) is 40.0 Å². The normalized spacial score (nSPS) is 20.4. The lowest BCUT2D eigenvalue weighted by molar-refractivity contribution is -0.134. The average Bonchev–Trinajstić information content (AvgIpc) is 3.18. The number of amides is 2. The molecule has 2 aliphatic rings. The zero-order valence-electron chi connectivity index (χ0n) is 25.0. The highest BCUT2D eigenvalue weighted by molar-refractivity contribution is 9.10. The highest BCUT2D eigenvalue weighted by Crippen LogP contribution is 2.45. The van der Waals surface area contributed by atoms with Crippen LogP contribution >= 0.6 is 15.9 Å². The largest absolute Gasteiger partial charge is 0.444 e. The molecule has 1 unspecified atom stereocenters. The molecule has 2 heterocycles. The number of nitrogens with one attached hydrogen (secondary N) is 1.